The lowest BCUT2D eigenvalue weighted by Crippen LogP contribution is -1.84. The number of aromatic nitrogens is 2. The molecule has 19 heavy (non-hydrogen) atoms. The van der Waals surface area contributed by atoms with Gasteiger partial charge in [0, 0.05) is 11.6 Å². The summed E-state index contributed by atoms with van der Waals surface area (Å²) in [6.07, 6.45) is 0. The van der Waals surface area contributed by atoms with Crippen molar-refractivity contribution in [3.05, 3.63) is 42.0 Å². The lowest BCUT2D eigenvalue weighted by Gasteiger charge is -1.99. The number of nitrogens with zero attached hydrogens (tertiary/aromatic N) is 1. The molecule has 2 aromatic carbocycles. The van der Waals surface area contributed by atoms with Gasteiger partial charge in [-0.05, 0) is 24.3 Å². The molecule has 1 heterocycles. The summed E-state index contributed by atoms with van der Waals surface area (Å²) < 4.78 is 26.6. The minimum atomic E-state index is -1.04. The van der Waals surface area contributed by atoms with Crippen LogP contribution < -0.4 is 0 Å². The Morgan fingerprint density at radius 2 is 1.68 bits per heavy atom. The Balaban J connectivity index is 2.23. The number of fused-ring (bicyclic) bond motifs is 1. The molecule has 0 aliphatic rings. The zero-order valence-electron chi connectivity index (χ0n) is 9.48. The van der Waals surface area contributed by atoms with E-state index in [1.54, 1.807) is 0 Å². The Morgan fingerprint density at radius 3 is 2.37 bits per heavy atom. The molecule has 6 heteroatoms. The third-order valence-corrected chi connectivity index (χ3v) is 2.72. The second kappa shape index (κ2) is 3.94. The van der Waals surface area contributed by atoms with Crippen molar-refractivity contribution in [3.63, 3.8) is 0 Å². The van der Waals surface area contributed by atoms with Gasteiger partial charge in [-0.2, -0.15) is 0 Å². The highest BCUT2D eigenvalue weighted by Gasteiger charge is 2.13. The third kappa shape index (κ3) is 1.87. The van der Waals surface area contributed by atoms with Crippen LogP contribution in [0.1, 0.15) is 0 Å². The van der Waals surface area contributed by atoms with E-state index in [0.29, 0.717) is 11.1 Å². The van der Waals surface area contributed by atoms with Gasteiger partial charge in [-0.15, -0.1) is 0 Å². The Hall–Kier alpha value is -2.63. The number of benzene rings is 2. The number of nitrogens with one attached hydrogen (secondary N) is 1. The van der Waals surface area contributed by atoms with Gasteiger partial charge in [0.2, 0.25) is 0 Å². The molecule has 96 valence electrons. The lowest BCUT2D eigenvalue weighted by molar-refractivity contribution is 0.451. The maximum absolute atomic E-state index is 13.5. The second-order valence-electron chi connectivity index (χ2n) is 4.08. The molecule has 4 nitrogen and oxygen atoms in total. The first-order valence-electron chi connectivity index (χ1n) is 5.42. The molecule has 0 fully saturated rings. The predicted molar refractivity (Wildman–Crippen MR) is 64.8 cm³/mol. The van der Waals surface area contributed by atoms with E-state index >= 15 is 0 Å². The molecule has 0 amide bonds. The van der Waals surface area contributed by atoms with Gasteiger partial charge < -0.3 is 15.2 Å². The molecule has 0 unspecified atom stereocenters. The van der Waals surface area contributed by atoms with E-state index in [0.717, 1.165) is 12.1 Å². The molecule has 0 saturated heterocycles. The third-order valence-electron chi connectivity index (χ3n) is 2.72. The van der Waals surface area contributed by atoms with Crippen LogP contribution in [0.15, 0.2) is 30.3 Å². The fourth-order valence-corrected chi connectivity index (χ4v) is 1.89. The van der Waals surface area contributed by atoms with Gasteiger partial charge in [0.05, 0.1) is 5.52 Å². The number of phenolic OH excluding ortho intramolecular Hbond substituents is 2. The summed E-state index contributed by atoms with van der Waals surface area (Å²) in [7, 11) is 0. The smallest absolute Gasteiger partial charge is 0.186 e. The summed E-state index contributed by atoms with van der Waals surface area (Å²) >= 11 is 0. The predicted octanol–water partition coefficient (Wildman–Crippen LogP) is 2.92. The Kier molecular flexibility index (Phi) is 2.38. The zero-order chi connectivity index (χ0) is 13.6. The molecule has 3 aromatic rings. The SMILES string of the molecule is Oc1cc(O)cc(-c2nc3c(F)c(F)ccc3[nH]2)c1. The van der Waals surface area contributed by atoms with Gasteiger partial charge in [-0.25, -0.2) is 13.8 Å². The van der Waals surface area contributed by atoms with E-state index < -0.39 is 11.6 Å². The van der Waals surface area contributed by atoms with Crippen LogP contribution in [0.25, 0.3) is 22.4 Å². The lowest BCUT2D eigenvalue weighted by atomic mass is 10.2. The highest BCUT2D eigenvalue weighted by molar-refractivity contribution is 5.80. The van der Waals surface area contributed by atoms with Crippen LogP contribution in [-0.4, -0.2) is 20.2 Å². The fourth-order valence-electron chi connectivity index (χ4n) is 1.89. The number of aromatic hydroxyl groups is 2. The molecular formula is C13H8F2N2O2. The van der Waals surface area contributed by atoms with Crippen molar-refractivity contribution < 1.29 is 19.0 Å². The average Bonchev–Trinajstić information content (AvgIpc) is 2.77. The van der Waals surface area contributed by atoms with Crippen LogP contribution in [0.3, 0.4) is 0 Å². The van der Waals surface area contributed by atoms with Crippen molar-refractivity contribution in [3.8, 4) is 22.9 Å². The van der Waals surface area contributed by atoms with Gasteiger partial charge in [-0.3, -0.25) is 0 Å². The monoisotopic (exact) mass is 262 g/mol. The number of rotatable bonds is 1. The normalized spacial score (nSPS) is 11.1. The number of hydrogen-bond donors (Lipinski definition) is 3. The van der Waals surface area contributed by atoms with Crippen LogP contribution in [-0.2, 0) is 0 Å². The molecule has 0 radical (unpaired) electrons. The van der Waals surface area contributed by atoms with Gasteiger partial charge in [0.1, 0.15) is 22.8 Å². The summed E-state index contributed by atoms with van der Waals surface area (Å²) in [6, 6.07) is 6.23. The summed E-state index contributed by atoms with van der Waals surface area (Å²) in [5.41, 5.74) is 0.572. The maximum atomic E-state index is 13.5. The summed E-state index contributed by atoms with van der Waals surface area (Å²) in [5, 5.41) is 18.8. The number of imidazole rings is 1. The van der Waals surface area contributed by atoms with Crippen LogP contribution in [0.4, 0.5) is 8.78 Å². The molecular weight excluding hydrogens is 254 g/mol. The highest BCUT2D eigenvalue weighted by Crippen LogP contribution is 2.29. The number of halogens is 2. The van der Waals surface area contributed by atoms with Crippen molar-refractivity contribution in [1.82, 2.24) is 9.97 Å². The number of phenols is 2. The van der Waals surface area contributed by atoms with Crippen molar-refractivity contribution >= 4 is 11.0 Å². The van der Waals surface area contributed by atoms with E-state index in [1.165, 1.54) is 18.2 Å². The van der Waals surface area contributed by atoms with Crippen LogP contribution in [0.2, 0.25) is 0 Å². The van der Waals surface area contributed by atoms with E-state index in [4.69, 9.17) is 0 Å². The van der Waals surface area contributed by atoms with Crippen LogP contribution in [0, 0.1) is 11.6 Å². The Morgan fingerprint density at radius 1 is 1.00 bits per heavy atom. The van der Waals surface area contributed by atoms with Crippen molar-refractivity contribution in [1.29, 1.82) is 0 Å². The topological polar surface area (TPSA) is 69.1 Å². The molecule has 3 rings (SSSR count). The van der Waals surface area contributed by atoms with Crippen LogP contribution >= 0.6 is 0 Å². The van der Waals surface area contributed by atoms with Gasteiger partial charge in [-0.1, -0.05) is 0 Å². The van der Waals surface area contributed by atoms with Crippen molar-refractivity contribution in [2.24, 2.45) is 0 Å². The molecule has 0 saturated carbocycles. The van der Waals surface area contributed by atoms with Crippen LogP contribution in [0.5, 0.6) is 11.5 Å². The minimum absolute atomic E-state index is 0.127. The molecule has 0 aliphatic heterocycles. The first kappa shape index (κ1) is 11.5. The summed E-state index contributed by atoms with van der Waals surface area (Å²) in [5.74, 6) is -2.09. The van der Waals surface area contributed by atoms with Gasteiger partial charge >= 0.3 is 0 Å². The highest BCUT2D eigenvalue weighted by atomic mass is 19.2. The molecule has 1 aromatic heterocycles. The maximum Gasteiger partial charge on any atom is 0.186 e. The standard InChI is InChI=1S/C13H8F2N2O2/c14-9-1-2-10-12(11(9)15)17-13(16-10)6-3-7(18)5-8(19)4-6/h1-5,18-19H,(H,16,17). The van der Waals surface area contributed by atoms with E-state index in [9.17, 15) is 19.0 Å². The van der Waals surface area contributed by atoms with E-state index in [1.807, 2.05) is 0 Å². The molecule has 0 bridgehead atoms. The molecule has 0 spiro atoms. The van der Waals surface area contributed by atoms with Gasteiger partial charge in [0.25, 0.3) is 0 Å². The quantitative estimate of drug-likeness (QED) is 0.631. The second-order valence-corrected chi connectivity index (χ2v) is 4.08. The number of hydrogen-bond acceptors (Lipinski definition) is 3. The average molecular weight is 262 g/mol. The van der Waals surface area contributed by atoms with E-state index in [-0.39, 0.29) is 22.8 Å². The molecule has 0 atom stereocenters. The van der Waals surface area contributed by atoms with Gasteiger partial charge in [0.15, 0.2) is 11.6 Å². The minimum Gasteiger partial charge on any atom is -0.508 e. The Bertz CT molecular complexity index is 763. The largest absolute Gasteiger partial charge is 0.508 e. The number of H-pyrrole nitrogens is 1. The van der Waals surface area contributed by atoms with Crippen molar-refractivity contribution in [2.75, 3.05) is 0 Å². The van der Waals surface area contributed by atoms with E-state index in [2.05, 4.69) is 9.97 Å². The molecule has 0 aliphatic carbocycles. The first-order chi connectivity index (χ1) is 9.04. The summed E-state index contributed by atoms with van der Waals surface area (Å²) in [6.45, 7) is 0. The number of aromatic amines is 1. The first-order valence-corrected chi connectivity index (χ1v) is 5.42. The summed E-state index contributed by atoms with van der Waals surface area (Å²) in [4.78, 5) is 6.73. The fraction of sp³-hybridized carbons (Fsp3) is 0. The molecule has 3 N–H and O–H groups in total. The van der Waals surface area contributed by atoms with Crippen molar-refractivity contribution in [2.45, 2.75) is 0 Å². The Labute approximate surface area is 106 Å². The zero-order valence-corrected chi connectivity index (χ0v) is 9.48.